The standard InChI is InChI=1S/C5H5N3S2/c6-2-1-3-9-5-8-7-4-10-5/h4H,1,3H2. The maximum Gasteiger partial charge on any atom is 0.174 e. The monoisotopic (exact) mass is 171 g/mol. The molecule has 0 aliphatic rings. The predicted octanol–water partition coefficient (Wildman–Crippen LogP) is 1.54. The summed E-state index contributed by atoms with van der Waals surface area (Å²) in [6.07, 6.45) is 0.574. The highest BCUT2D eigenvalue weighted by molar-refractivity contribution is 8.00. The molecule has 0 spiro atoms. The summed E-state index contributed by atoms with van der Waals surface area (Å²) in [4.78, 5) is 0. The Balaban J connectivity index is 2.23. The topological polar surface area (TPSA) is 49.6 Å². The minimum absolute atomic E-state index is 0.574. The number of rotatable bonds is 3. The van der Waals surface area contributed by atoms with E-state index < -0.39 is 0 Å². The third-order valence-electron chi connectivity index (χ3n) is 0.779. The van der Waals surface area contributed by atoms with Gasteiger partial charge in [0.1, 0.15) is 5.51 Å². The zero-order valence-electron chi connectivity index (χ0n) is 5.15. The molecule has 0 bridgehead atoms. The van der Waals surface area contributed by atoms with Crippen molar-refractivity contribution in [3.63, 3.8) is 0 Å². The average molecular weight is 171 g/mol. The van der Waals surface area contributed by atoms with Gasteiger partial charge < -0.3 is 0 Å². The zero-order chi connectivity index (χ0) is 7.23. The minimum Gasteiger partial charge on any atom is -0.198 e. The van der Waals surface area contributed by atoms with Gasteiger partial charge in [0.05, 0.1) is 6.07 Å². The zero-order valence-corrected chi connectivity index (χ0v) is 6.78. The summed E-state index contributed by atoms with van der Waals surface area (Å²) < 4.78 is 0.940. The molecule has 5 heteroatoms. The molecule has 0 amide bonds. The molecular formula is C5H5N3S2. The third-order valence-corrected chi connectivity index (χ3v) is 2.64. The molecule has 0 aromatic carbocycles. The molecule has 0 N–H and O–H groups in total. The third kappa shape index (κ3) is 2.33. The SMILES string of the molecule is N#CCCSc1nncs1. The normalized spacial score (nSPS) is 9.10. The Hall–Kier alpha value is -0.600. The van der Waals surface area contributed by atoms with E-state index in [2.05, 4.69) is 16.3 Å². The molecular weight excluding hydrogens is 166 g/mol. The molecule has 0 radical (unpaired) electrons. The fourth-order valence-electron chi connectivity index (χ4n) is 0.410. The molecule has 0 fully saturated rings. The van der Waals surface area contributed by atoms with Gasteiger partial charge in [0.15, 0.2) is 4.34 Å². The smallest absolute Gasteiger partial charge is 0.174 e. The average Bonchev–Trinajstić information content (AvgIpc) is 2.41. The Morgan fingerprint density at radius 1 is 1.80 bits per heavy atom. The summed E-state index contributed by atoms with van der Waals surface area (Å²) in [5.74, 6) is 0.811. The van der Waals surface area contributed by atoms with Crippen molar-refractivity contribution >= 4 is 23.1 Å². The van der Waals surface area contributed by atoms with Crippen LogP contribution in [-0.2, 0) is 0 Å². The van der Waals surface area contributed by atoms with Gasteiger partial charge in [0, 0.05) is 12.2 Å². The number of nitriles is 1. The molecule has 1 heterocycles. The van der Waals surface area contributed by atoms with Crippen molar-refractivity contribution in [3.05, 3.63) is 5.51 Å². The molecule has 0 atom stereocenters. The summed E-state index contributed by atoms with van der Waals surface area (Å²) in [6.45, 7) is 0. The second-order valence-electron chi connectivity index (χ2n) is 1.46. The van der Waals surface area contributed by atoms with E-state index >= 15 is 0 Å². The first-order valence-electron chi connectivity index (χ1n) is 2.69. The Bertz CT molecular complexity index is 213. The molecule has 0 aliphatic heterocycles. The highest BCUT2D eigenvalue weighted by atomic mass is 32.2. The van der Waals surface area contributed by atoms with E-state index in [0.29, 0.717) is 6.42 Å². The molecule has 0 unspecified atom stereocenters. The molecule has 52 valence electrons. The van der Waals surface area contributed by atoms with Crippen LogP contribution in [0.5, 0.6) is 0 Å². The van der Waals surface area contributed by atoms with Crippen LogP contribution in [-0.4, -0.2) is 16.0 Å². The van der Waals surface area contributed by atoms with Crippen molar-refractivity contribution in [1.29, 1.82) is 5.26 Å². The van der Waals surface area contributed by atoms with Crippen molar-refractivity contribution < 1.29 is 0 Å². The number of hydrogen-bond acceptors (Lipinski definition) is 5. The second-order valence-corrected chi connectivity index (χ2v) is 3.64. The van der Waals surface area contributed by atoms with Crippen LogP contribution >= 0.6 is 23.1 Å². The van der Waals surface area contributed by atoms with Crippen LogP contribution in [0.4, 0.5) is 0 Å². The Kier molecular flexibility index (Phi) is 3.19. The van der Waals surface area contributed by atoms with E-state index in [4.69, 9.17) is 5.26 Å². The maximum atomic E-state index is 8.20. The molecule has 1 rings (SSSR count). The lowest BCUT2D eigenvalue weighted by atomic mass is 10.6. The fourth-order valence-corrected chi connectivity index (χ4v) is 1.81. The van der Waals surface area contributed by atoms with Crippen LogP contribution in [0, 0.1) is 11.3 Å². The lowest BCUT2D eigenvalue weighted by Gasteiger charge is -1.86. The van der Waals surface area contributed by atoms with E-state index in [0.717, 1.165) is 10.1 Å². The van der Waals surface area contributed by atoms with Crippen molar-refractivity contribution in [2.75, 3.05) is 5.75 Å². The Morgan fingerprint density at radius 3 is 3.30 bits per heavy atom. The molecule has 3 nitrogen and oxygen atoms in total. The van der Waals surface area contributed by atoms with Crippen molar-refractivity contribution in [2.24, 2.45) is 0 Å². The van der Waals surface area contributed by atoms with Gasteiger partial charge in [-0.25, -0.2) is 0 Å². The van der Waals surface area contributed by atoms with E-state index in [1.54, 1.807) is 17.3 Å². The number of aromatic nitrogens is 2. The van der Waals surface area contributed by atoms with E-state index in [1.807, 2.05) is 0 Å². The Morgan fingerprint density at radius 2 is 2.70 bits per heavy atom. The van der Waals surface area contributed by atoms with Gasteiger partial charge in [0.2, 0.25) is 0 Å². The lowest BCUT2D eigenvalue weighted by molar-refractivity contribution is 1.01. The van der Waals surface area contributed by atoms with Crippen LogP contribution in [0.15, 0.2) is 9.85 Å². The fraction of sp³-hybridized carbons (Fsp3) is 0.400. The van der Waals surface area contributed by atoms with E-state index in [9.17, 15) is 0 Å². The Labute approximate surface area is 67.1 Å². The van der Waals surface area contributed by atoms with E-state index in [1.165, 1.54) is 11.3 Å². The lowest BCUT2D eigenvalue weighted by Crippen LogP contribution is -1.75. The molecule has 0 saturated carbocycles. The van der Waals surface area contributed by atoms with Gasteiger partial charge in [0.25, 0.3) is 0 Å². The molecule has 0 aliphatic carbocycles. The maximum absolute atomic E-state index is 8.20. The highest BCUT2D eigenvalue weighted by Crippen LogP contribution is 2.18. The van der Waals surface area contributed by atoms with E-state index in [-0.39, 0.29) is 0 Å². The first-order chi connectivity index (χ1) is 4.93. The van der Waals surface area contributed by atoms with Gasteiger partial charge in [-0.1, -0.05) is 23.1 Å². The first-order valence-corrected chi connectivity index (χ1v) is 4.56. The van der Waals surface area contributed by atoms with Crippen LogP contribution in [0.25, 0.3) is 0 Å². The van der Waals surface area contributed by atoms with Gasteiger partial charge in [-0.2, -0.15) is 5.26 Å². The molecule has 1 aromatic heterocycles. The van der Waals surface area contributed by atoms with Gasteiger partial charge in [-0.05, 0) is 0 Å². The summed E-state index contributed by atoms with van der Waals surface area (Å²) >= 11 is 3.08. The second kappa shape index (κ2) is 4.25. The largest absolute Gasteiger partial charge is 0.198 e. The summed E-state index contributed by atoms with van der Waals surface area (Å²) in [5, 5.41) is 15.7. The van der Waals surface area contributed by atoms with Crippen LogP contribution in [0.2, 0.25) is 0 Å². The van der Waals surface area contributed by atoms with Crippen LogP contribution in [0.1, 0.15) is 6.42 Å². The highest BCUT2D eigenvalue weighted by Gasteiger charge is 1.94. The summed E-state index contributed by atoms with van der Waals surface area (Å²) in [6, 6.07) is 2.07. The van der Waals surface area contributed by atoms with Gasteiger partial charge >= 0.3 is 0 Å². The van der Waals surface area contributed by atoms with Crippen LogP contribution < -0.4 is 0 Å². The first kappa shape index (κ1) is 7.51. The number of hydrogen-bond donors (Lipinski definition) is 0. The number of thioether (sulfide) groups is 1. The summed E-state index contributed by atoms with van der Waals surface area (Å²) in [5.41, 5.74) is 1.69. The van der Waals surface area contributed by atoms with Crippen LogP contribution in [0.3, 0.4) is 0 Å². The van der Waals surface area contributed by atoms with Crippen molar-refractivity contribution in [3.8, 4) is 6.07 Å². The summed E-state index contributed by atoms with van der Waals surface area (Å²) in [7, 11) is 0. The molecule has 10 heavy (non-hydrogen) atoms. The van der Waals surface area contributed by atoms with Crippen molar-refractivity contribution in [2.45, 2.75) is 10.8 Å². The molecule has 0 saturated heterocycles. The van der Waals surface area contributed by atoms with Gasteiger partial charge in [-0.3, -0.25) is 0 Å². The molecule has 1 aromatic rings. The quantitative estimate of drug-likeness (QED) is 0.511. The minimum atomic E-state index is 0.574. The predicted molar refractivity (Wildman–Crippen MR) is 40.9 cm³/mol. The van der Waals surface area contributed by atoms with Gasteiger partial charge in [-0.15, -0.1) is 10.2 Å². The van der Waals surface area contributed by atoms with Crippen molar-refractivity contribution in [1.82, 2.24) is 10.2 Å². The number of nitrogens with zero attached hydrogens (tertiary/aromatic N) is 3.